The third kappa shape index (κ3) is 5.79. The van der Waals surface area contributed by atoms with Gasteiger partial charge in [0, 0.05) is 64.5 Å². The number of aromatic nitrogens is 2. The fraction of sp³-hybridized carbons (Fsp3) is 0.583. The molecule has 0 saturated carbocycles. The largest absolute Gasteiger partial charge is 0.494 e. The minimum absolute atomic E-state index is 0.147. The van der Waals surface area contributed by atoms with Crippen LogP contribution in [0.4, 0.5) is 11.6 Å². The van der Waals surface area contributed by atoms with Crippen LogP contribution in [0.15, 0.2) is 29.2 Å². The molecule has 2 aromatic rings. The predicted molar refractivity (Wildman–Crippen MR) is 136 cm³/mol. The normalized spacial score (nSPS) is 18.1. The molecule has 0 spiro atoms. The highest BCUT2D eigenvalue weighted by Crippen LogP contribution is 2.32. The Bertz CT molecular complexity index is 1110. The van der Waals surface area contributed by atoms with E-state index in [1.165, 1.54) is 4.31 Å². The number of likely N-dealkylation sites (N-methyl/N-ethyl adjacent to an activating group) is 1. The van der Waals surface area contributed by atoms with Crippen LogP contribution in [-0.2, 0) is 10.0 Å². The van der Waals surface area contributed by atoms with Gasteiger partial charge < -0.3 is 24.2 Å². The van der Waals surface area contributed by atoms with Gasteiger partial charge in [-0.25, -0.2) is 18.4 Å². The van der Waals surface area contributed by atoms with E-state index in [0.29, 0.717) is 50.9 Å². The molecule has 1 aromatic carbocycles. The second-order valence-electron chi connectivity index (χ2n) is 8.79. The quantitative estimate of drug-likeness (QED) is 0.534. The van der Waals surface area contributed by atoms with Gasteiger partial charge in [-0.3, -0.25) is 0 Å². The Hall–Kier alpha value is -2.63. The zero-order valence-electron chi connectivity index (χ0n) is 21.1. The molecule has 0 aliphatic carbocycles. The summed E-state index contributed by atoms with van der Waals surface area (Å²) in [5.41, 5.74) is 0. The van der Waals surface area contributed by atoms with Crippen molar-refractivity contribution in [3.63, 3.8) is 0 Å². The molecule has 0 amide bonds. The SMILES string of the molecule is CCOc1ccc(OCC)c(S(=O)(=O)N2CCN(c3cc(N4CCN(C)CC4)nc(C)n3)CC2)c1. The highest BCUT2D eigenvalue weighted by Gasteiger charge is 2.32. The van der Waals surface area contributed by atoms with E-state index in [1.54, 1.807) is 18.2 Å². The maximum Gasteiger partial charge on any atom is 0.247 e. The van der Waals surface area contributed by atoms with Crippen molar-refractivity contribution in [3.05, 3.63) is 30.1 Å². The van der Waals surface area contributed by atoms with Gasteiger partial charge in [-0.2, -0.15) is 4.31 Å². The molecule has 0 radical (unpaired) electrons. The molecular weight excluding hydrogens is 468 g/mol. The molecule has 10 nitrogen and oxygen atoms in total. The molecule has 2 fully saturated rings. The predicted octanol–water partition coefficient (Wildman–Crippen LogP) is 1.85. The van der Waals surface area contributed by atoms with E-state index in [9.17, 15) is 8.42 Å². The standard InChI is InChI=1S/C24H36N6O4S/c1-5-33-20-7-8-21(34-6-2)22(17-20)35(31,32)30-15-13-29(14-16-30)24-18-23(25-19(3)26-24)28-11-9-27(4)10-12-28/h7-8,17-18H,5-6,9-16H2,1-4H3. The van der Waals surface area contributed by atoms with Crippen LogP contribution in [0.3, 0.4) is 0 Å². The number of rotatable bonds is 8. The fourth-order valence-corrected chi connectivity index (χ4v) is 5.98. The summed E-state index contributed by atoms with van der Waals surface area (Å²) in [6, 6.07) is 7.00. The molecule has 35 heavy (non-hydrogen) atoms. The van der Waals surface area contributed by atoms with E-state index < -0.39 is 10.0 Å². The van der Waals surface area contributed by atoms with Crippen molar-refractivity contribution >= 4 is 21.7 Å². The number of benzene rings is 1. The summed E-state index contributed by atoms with van der Waals surface area (Å²) < 4.78 is 39.8. The van der Waals surface area contributed by atoms with Crippen molar-refractivity contribution in [3.8, 4) is 11.5 Å². The zero-order chi connectivity index (χ0) is 25.0. The first-order valence-corrected chi connectivity index (χ1v) is 13.7. The minimum atomic E-state index is -3.74. The maximum atomic E-state index is 13.6. The maximum absolute atomic E-state index is 13.6. The van der Waals surface area contributed by atoms with Crippen LogP contribution >= 0.6 is 0 Å². The van der Waals surface area contributed by atoms with E-state index in [1.807, 2.05) is 26.8 Å². The lowest BCUT2D eigenvalue weighted by molar-refractivity contribution is 0.312. The second kappa shape index (κ2) is 11.0. The lowest BCUT2D eigenvalue weighted by atomic mass is 10.3. The van der Waals surface area contributed by atoms with E-state index in [0.717, 1.165) is 43.6 Å². The van der Waals surface area contributed by atoms with Gasteiger partial charge in [-0.05, 0) is 40.0 Å². The smallest absolute Gasteiger partial charge is 0.247 e. The number of ether oxygens (including phenoxy) is 2. The van der Waals surface area contributed by atoms with Crippen LogP contribution in [0, 0.1) is 6.92 Å². The molecule has 0 unspecified atom stereocenters. The zero-order valence-corrected chi connectivity index (χ0v) is 21.9. The van der Waals surface area contributed by atoms with Crippen LogP contribution in [-0.4, -0.2) is 100 Å². The van der Waals surface area contributed by atoms with Crippen molar-refractivity contribution in [2.75, 3.05) is 82.4 Å². The highest BCUT2D eigenvalue weighted by molar-refractivity contribution is 7.89. The van der Waals surface area contributed by atoms with Gasteiger partial charge >= 0.3 is 0 Å². The van der Waals surface area contributed by atoms with Gasteiger partial charge in [0.25, 0.3) is 0 Å². The van der Waals surface area contributed by atoms with Gasteiger partial charge in [0.05, 0.1) is 13.2 Å². The van der Waals surface area contributed by atoms with E-state index in [-0.39, 0.29) is 4.90 Å². The molecule has 0 atom stereocenters. The number of nitrogens with zero attached hydrogens (tertiary/aromatic N) is 6. The molecule has 4 rings (SSSR count). The number of hydrogen-bond acceptors (Lipinski definition) is 9. The van der Waals surface area contributed by atoms with Crippen LogP contribution < -0.4 is 19.3 Å². The van der Waals surface area contributed by atoms with Gasteiger partial charge in [0.1, 0.15) is 33.9 Å². The van der Waals surface area contributed by atoms with Crippen molar-refractivity contribution in [1.29, 1.82) is 0 Å². The molecular formula is C24H36N6O4S. The molecule has 2 aliphatic rings. The van der Waals surface area contributed by atoms with Crippen molar-refractivity contribution in [1.82, 2.24) is 19.2 Å². The Balaban J connectivity index is 1.49. The Kier molecular flexibility index (Phi) is 7.98. The summed E-state index contributed by atoms with van der Waals surface area (Å²) in [5.74, 6) is 3.37. The summed E-state index contributed by atoms with van der Waals surface area (Å²) in [7, 11) is -1.61. The summed E-state index contributed by atoms with van der Waals surface area (Å²) in [4.78, 5) is 16.2. The van der Waals surface area contributed by atoms with Gasteiger partial charge in [-0.15, -0.1) is 0 Å². The minimum Gasteiger partial charge on any atom is -0.494 e. The molecule has 1 aromatic heterocycles. The first-order valence-electron chi connectivity index (χ1n) is 12.3. The topological polar surface area (TPSA) is 91.3 Å². The average Bonchev–Trinajstić information content (AvgIpc) is 2.85. The van der Waals surface area contributed by atoms with Crippen molar-refractivity contribution in [2.45, 2.75) is 25.7 Å². The first-order chi connectivity index (χ1) is 16.8. The van der Waals surface area contributed by atoms with Gasteiger partial charge in [0.2, 0.25) is 10.0 Å². The van der Waals surface area contributed by atoms with Gasteiger partial charge in [-0.1, -0.05) is 0 Å². The number of piperazine rings is 2. The monoisotopic (exact) mass is 504 g/mol. The number of anilines is 2. The Morgan fingerprint density at radius 3 is 1.97 bits per heavy atom. The van der Waals surface area contributed by atoms with Crippen molar-refractivity contribution in [2.24, 2.45) is 0 Å². The van der Waals surface area contributed by atoms with Gasteiger partial charge in [0.15, 0.2) is 0 Å². The molecule has 2 aliphatic heterocycles. The van der Waals surface area contributed by atoms with E-state index in [4.69, 9.17) is 9.47 Å². The van der Waals surface area contributed by atoms with Crippen LogP contribution in [0.2, 0.25) is 0 Å². The highest BCUT2D eigenvalue weighted by atomic mass is 32.2. The molecule has 2 saturated heterocycles. The van der Waals surface area contributed by atoms with Crippen LogP contribution in [0.1, 0.15) is 19.7 Å². The summed E-state index contributed by atoms with van der Waals surface area (Å²) >= 11 is 0. The molecule has 3 heterocycles. The molecule has 0 N–H and O–H groups in total. The Morgan fingerprint density at radius 2 is 1.40 bits per heavy atom. The molecule has 192 valence electrons. The van der Waals surface area contributed by atoms with Crippen LogP contribution in [0.5, 0.6) is 11.5 Å². The molecule has 0 bridgehead atoms. The summed E-state index contributed by atoms with van der Waals surface area (Å²) in [5, 5.41) is 0. The third-order valence-corrected chi connectivity index (χ3v) is 8.26. The summed E-state index contributed by atoms with van der Waals surface area (Å²) in [6.07, 6.45) is 0. The van der Waals surface area contributed by atoms with E-state index in [2.05, 4.69) is 31.7 Å². The number of aryl methyl sites for hydroxylation is 1. The Labute approximate surface area is 208 Å². The average molecular weight is 505 g/mol. The molecule has 11 heteroatoms. The Morgan fingerprint density at radius 1 is 0.829 bits per heavy atom. The number of hydrogen-bond donors (Lipinski definition) is 0. The van der Waals surface area contributed by atoms with Crippen LogP contribution in [0.25, 0.3) is 0 Å². The third-order valence-electron chi connectivity index (χ3n) is 6.34. The lowest BCUT2D eigenvalue weighted by Gasteiger charge is -2.36. The fourth-order valence-electron chi connectivity index (χ4n) is 4.41. The number of sulfonamides is 1. The lowest BCUT2D eigenvalue weighted by Crippen LogP contribution is -2.49. The summed E-state index contributed by atoms with van der Waals surface area (Å²) in [6.45, 7) is 12.1. The van der Waals surface area contributed by atoms with Crippen molar-refractivity contribution < 1.29 is 17.9 Å². The first kappa shape index (κ1) is 25.5. The van der Waals surface area contributed by atoms with E-state index >= 15 is 0 Å². The second-order valence-corrected chi connectivity index (χ2v) is 10.7.